The Morgan fingerprint density at radius 2 is 1.91 bits per heavy atom. The molecule has 1 aliphatic carbocycles. The Bertz CT molecular complexity index is 935. The highest BCUT2D eigenvalue weighted by molar-refractivity contribution is 6.02. The summed E-state index contributed by atoms with van der Waals surface area (Å²) in [5.41, 5.74) is 4.29. The highest BCUT2D eigenvalue weighted by Gasteiger charge is 2.57. The molecule has 4 N–H and O–H groups in total. The number of hydrogen-bond acceptors (Lipinski definition) is 5. The summed E-state index contributed by atoms with van der Waals surface area (Å²) in [5, 5.41) is 5.56. The van der Waals surface area contributed by atoms with Gasteiger partial charge in [-0.15, -0.1) is 0 Å². The van der Waals surface area contributed by atoms with Crippen LogP contribution in [0.4, 0.5) is 13.2 Å². The normalized spacial score (nSPS) is 29.2. The van der Waals surface area contributed by atoms with Crippen molar-refractivity contribution in [2.24, 2.45) is 5.73 Å². The fourth-order valence-electron chi connectivity index (χ4n) is 4.91. The molecule has 0 bridgehead atoms. The van der Waals surface area contributed by atoms with E-state index in [0.717, 1.165) is 32.6 Å². The number of nitrogens with one attached hydrogen (secondary N) is 2. The summed E-state index contributed by atoms with van der Waals surface area (Å²) in [7, 11) is 0. The highest BCUT2D eigenvalue weighted by Crippen LogP contribution is 2.47. The van der Waals surface area contributed by atoms with Gasteiger partial charge < -0.3 is 21.3 Å². The third-order valence-corrected chi connectivity index (χ3v) is 6.79. The minimum atomic E-state index is -4.60. The van der Waals surface area contributed by atoms with Crippen molar-refractivity contribution in [3.8, 4) is 0 Å². The molecule has 4 rings (SSSR count). The molecule has 3 heterocycles. The van der Waals surface area contributed by atoms with Crippen LogP contribution < -0.4 is 16.4 Å². The number of dihydropyridines is 1. The van der Waals surface area contributed by atoms with Crippen LogP contribution >= 0.6 is 0 Å². The van der Waals surface area contributed by atoms with E-state index in [1.165, 1.54) is 18.6 Å². The summed E-state index contributed by atoms with van der Waals surface area (Å²) >= 11 is 0. The summed E-state index contributed by atoms with van der Waals surface area (Å²) in [6.07, 6.45) is 4.01. The molecule has 1 unspecified atom stereocenters. The molecular formula is C23H30F3N5O. The topological polar surface area (TPSA) is 83.3 Å². The molecule has 3 aliphatic rings. The molecule has 1 saturated carbocycles. The number of carbonyl (C=O) groups is 1. The molecule has 0 radical (unpaired) electrons. The third-order valence-electron chi connectivity index (χ3n) is 6.79. The summed E-state index contributed by atoms with van der Waals surface area (Å²) < 4.78 is 43.3. The Balaban J connectivity index is 1.87. The molecule has 1 aromatic rings. The van der Waals surface area contributed by atoms with Crippen LogP contribution in [-0.4, -0.2) is 52.2 Å². The first-order valence-electron chi connectivity index (χ1n) is 11.1. The molecule has 0 aromatic carbocycles. The second kappa shape index (κ2) is 8.10. The number of alkyl halides is 3. The first-order valence-corrected chi connectivity index (χ1v) is 11.1. The van der Waals surface area contributed by atoms with Crippen LogP contribution in [-0.2, 0) is 4.79 Å². The molecule has 1 aromatic heterocycles. The van der Waals surface area contributed by atoms with Crippen LogP contribution in [0.5, 0.6) is 0 Å². The van der Waals surface area contributed by atoms with Gasteiger partial charge in [0, 0.05) is 48.8 Å². The SMILES string of the molecule is CC1(C(F)(F)F)NC=C(C(=O)NC2CCCC2)C(N2CC[C@](C)(N)C2)=C1c1ccncc1. The van der Waals surface area contributed by atoms with Gasteiger partial charge in [0.1, 0.15) is 0 Å². The third kappa shape index (κ3) is 4.10. The molecule has 0 spiro atoms. The van der Waals surface area contributed by atoms with Gasteiger partial charge in [-0.25, -0.2) is 0 Å². The number of nitrogens with two attached hydrogens (primary N) is 1. The maximum absolute atomic E-state index is 14.4. The van der Waals surface area contributed by atoms with E-state index < -0.39 is 17.3 Å². The molecule has 32 heavy (non-hydrogen) atoms. The minimum absolute atomic E-state index is 0.0178. The predicted molar refractivity (Wildman–Crippen MR) is 116 cm³/mol. The fourth-order valence-corrected chi connectivity index (χ4v) is 4.91. The molecule has 174 valence electrons. The number of rotatable bonds is 4. The standard InChI is InChI=1S/C23H30F3N5O/c1-21(27)9-12-31(14-21)19-17(20(32)30-16-5-3-4-6-16)13-29-22(2,23(24,25)26)18(19)15-7-10-28-11-8-15/h7-8,10-11,13,16,29H,3-6,9,12,14,27H2,1-2H3,(H,30,32)/t21-,22?/m0/s1. The molecule has 6 nitrogen and oxygen atoms in total. The van der Waals surface area contributed by atoms with Crippen molar-refractivity contribution < 1.29 is 18.0 Å². The molecule has 9 heteroatoms. The lowest BCUT2D eigenvalue weighted by Crippen LogP contribution is -2.57. The first-order chi connectivity index (χ1) is 15.0. The molecule has 1 saturated heterocycles. The number of hydrogen-bond donors (Lipinski definition) is 3. The van der Waals surface area contributed by atoms with E-state index in [9.17, 15) is 18.0 Å². The van der Waals surface area contributed by atoms with Crippen molar-refractivity contribution in [1.82, 2.24) is 20.5 Å². The Labute approximate surface area is 186 Å². The fraction of sp³-hybridized carbons (Fsp3) is 0.565. The Kier molecular flexibility index (Phi) is 5.73. The van der Waals surface area contributed by atoms with E-state index in [0.29, 0.717) is 30.8 Å². The van der Waals surface area contributed by atoms with Gasteiger partial charge in [0.05, 0.1) is 11.3 Å². The Morgan fingerprint density at radius 1 is 1.25 bits per heavy atom. The van der Waals surface area contributed by atoms with Crippen molar-refractivity contribution in [2.75, 3.05) is 13.1 Å². The Morgan fingerprint density at radius 3 is 2.47 bits per heavy atom. The van der Waals surface area contributed by atoms with Gasteiger partial charge in [0.2, 0.25) is 0 Å². The summed E-state index contributed by atoms with van der Waals surface area (Å²) in [4.78, 5) is 19.1. The maximum Gasteiger partial charge on any atom is 0.415 e. The average Bonchev–Trinajstić information content (AvgIpc) is 3.36. The number of aromatic nitrogens is 1. The second-order valence-corrected chi connectivity index (χ2v) is 9.57. The van der Waals surface area contributed by atoms with Crippen molar-refractivity contribution in [3.05, 3.63) is 47.6 Å². The second-order valence-electron chi connectivity index (χ2n) is 9.57. The first kappa shape index (κ1) is 22.6. The number of amides is 1. The number of carbonyl (C=O) groups excluding carboxylic acids is 1. The zero-order valence-corrected chi connectivity index (χ0v) is 18.4. The molecule has 2 atom stereocenters. The van der Waals surface area contributed by atoms with Gasteiger partial charge in [-0.05, 0) is 50.8 Å². The van der Waals surface area contributed by atoms with E-state index in [-0.39, 0.29) is 23.1 Å². The smallest absolute Gasteiger partial charge is 0.373 e. The van der Waals surface area contributed by atoms with Crippen LogP contribution in [0.25, 0.3) is 5.57 Å². The van der Waals surface area contributed by atoms with Gasteiger partial charge in [-0.2, -0.15) is 13.2 Å². The van der Waals surface area contributed by atoms with E-state index in [1.807, 2.05) is 11.8 Å². The quantitative estimate of drug-likeness (QED) is 0.658. The van der Waals surface area contributed by atoms with Gasteiger partial charge in [0.15, 0.2) is 5.54 Å². The van der Waals surface area contributed by atoms with Crippen LogP contribution in [0.3, 0.4) is 0 Å². The zero-order chi connectivity index (χ0) is 23.1. The van der Waals surface area contributed by atoms with E-state index in [4.69, 9.17) is 5.73 Å². The van der Waals surface area contributed by atoms with Crippen molar-refractivity contribution in [1.29, 1.82) is 0 Å². The maximum atomic E-state index is 14.4. The molecular weight excluding hydrogens is 419 g/mol. The van der Waals surface area contributed by atoms with Gasteiger partial charge in [-0.1, -0.05) is 12.8 Å². The minimum Gasteiger partial charge on any atom is -0.373 e. The lowest BCUT2D eigenvalue weighted by Gasteiger charge is -2.42. The highest BCUT2D eigenvalue weighted by atomic mass is 19.4. The summed E-state index contributed by atoms with van der Waals surface area (Å²) in [5.74, 6) is -0.360. The van der Waals surface area contributed by atoms with E-state index in [1.54, 1.807) is 12.1 Å². The van der Waals surface area contributed by atoms with Crippen molar-refractivity contribution in [2.45, 2.75) is 69.2 Å². The van der Waals surface area contributed by atoms with Gasteiger partial charge >= 0.3 is 6.18 Å². The Hall–Kier alpha value is -2.55. The predicted octanol–water partition coefficient (Wildman–Crippen LogP) is 3.08. The summed E-state index contributed by atoms with van der Waals surface area (Å²) in [6, 6.07) is 3.15. The van der Waals surface area contributed by atoms with Crippen LogP contribution in [0, 0.1) is 0 Å². The number of likely N-dealkylation sites (tertiary alicyclic amines) is 1. The number of pyridine rings is 1. The van der Waals surface area contributed by atoms with Gasteiger partial charge in [-0.3, -0.25) is 9.78 Å². The lowest BCUT2D eigenvalue weighted by molar-refractivity contribution is -0.171. The van der Waals surface area contributed by atoms with E-state index >= 15 is 0 Å². The lowest BCUT2D eigenvalue weighted by atomic mass is 9.80. The van der Waals surface area contributed by atoms with Gasteiger partial charge in [0.25, 0.3) is 5.91 Å². The van der Waals surface area contributed by atoms with Crippen molar-refractivity contribution in [3.63, 3.8) is 0 Å². The van der Waals surface area contributed by atoms with Crippen LogP contribution in [0.2, 0.25) is 0 Å². The number of halogens is 3. The largest absolute Gasteiger partial charge is 0.415 e. The van der Waals surface area contributed by atoms with Crippen LogP contribution in [0.15, 0.2) is 42.0 Å². The molecule has 2 fully saturated rings. The molecule has 2 aliphatic heterocycles. The van der Waals surface area contributed by atoms with E-state index in [2.05, 4.69) is 15.6 Å². The van der Waals surface area contributed by atoms with Crippen molar-refractivity contribution >= 4 is 11.5 Å². The average molecular weight is 450 g/mol. The molecule has 1 amide bonds. The number of nitrogens with zero attached hydrogens (tertiary/aromatic N) is 2. The summed E-state index contributed by atoms with van der Waals surface area (Å²) in [6.45, 7) is 3.83. The zero-order valence-electron chi connectivity index (χ0n) is 18.4. The monoisotopic (exact) mass is 449 g/mol. The van der Waals surface area contributed by atoms with Crippen LogP contribution in [0.1, 0.15) is 51.5 Å².